The van der Waals surface area contributed by atoms with Gasteiger partial charge < -0.3 is 9.73 Å². The normalized spacial score (nSPS) is 10.4. The molecule has 3 nitrogen and oxygen atoms in total. The van der Waals surface area contributed by atoms with E-state index in [9.17, 15) is 4.79 Å². The van der Waals surface area contributed by atoms with Crippen molar-refractivity contribution in [3.8, 4) is 0 Å². The average Bonchev–Trinajstić information content (AvgIpc) is 2.69. The van der Waals surface area contributed by atoms with Gasteiger partial charge in [0, 0.05) is 17.5 Å². The summed E-state index contributed by atoms with van der Waals surface area (Å²) in [4.78, 5) is 11.6. The number of rotatable bonds is 4. The Morgan fingerprint density at radius 2 is 2.35 bits per heavy atom. The van der Waals surface area contributed by atoms with Crippen LogP contribution in [-0.4, -0.2) is 12.5 Å². The van der Waals surface area contributed by atoms with Crippen molar-refractivity contribution >= 4 is 16.9 Å². The van der Waals surface area contributed by atoms with Crippen molar-refractivity contribution in [3.63, 3.8) is 0 Å². The van der Waals surface area contributed by atoms with Crippen LogP contribution in [0.3, 0.4) is 0 Å². The zero-order chi connectivity index (χ0) is 12.3. The third kappa shape index (κ3) is 2.56. The molecule has 1 heterocycles. The van der Waals surface area contributed by atoms with Gasteiger partial charge in [-0.05, 0) is 19.1 Å². The lowest BCUT2D eigenvalue weighted by molar-refractivity contribution is -0.120. The molecule has 88 valence electrons. The summed E-state index contributed by atoms with van der Waals surface area (Å²) in [5.74, 6) is -0.0193. The Morgan fingerprint density at radius 1 is 1.53 bits per heavy atom. The monoisotopic (exact) mass is 229 g/mol. The Balaban J connectivity index is 2.21. The molecule has 0 atom stereocenters. The van der Waals surface area contributed by atoms with E-state index in [1.165, 1.54) is 0 Å². The average molecular weight is 229 g/mol. The number of carbonyl (C=O) groups excluding carboxylic acids is 1. The number of hydrogen-bond acceptors (Lipinski definition) is 2. The number of benzene rings is 1. The van der Waals surface area contributed by atoms with E-state index in [2.05, 4.69) is 11.9 Å². The minimum atomic E-state index is -0.0193. The molecule has 0 aliphatic carbocycles. The summed E-state index contributed by atoms with van der Waals surface area (Å²) >= 11 is 0. The van der Waals surface area contributed by atoms with Gasteiger partial charge in [0.05, 0.1) is 12.7 Å². The van der Waals surface area contributed by atoms with E-state index in [0.717, 1.165) is 22.1 Å². The van der Waals surface area contributed by atoms with Crippen molar-refractivity contribution in [2.24, 2.45) is 0 Å². The Labute approximate surface area is 100 Å². The lowest BCUT2D eigenvalue weighted by atomic mass is 10.1. The molecule has 2 aromatic rings. The summed E-state index contributed by atoms with van der Waals surface area (Å²) < 4.78 is 5.41. The van der Waals surface area contributed by atoms with Gasteiger partial charge in [-0.2, -0.15) is 0 Å². The Morgan fingerprint density at radius 3 is 3.12 bits per heavy atom. The van der Waals surface area contributed by atoms with Crippen LogP contribution in [0.4, 0.5) is 0 Å². The smallest absolute Gasteiger partial charge is 0.224 e. The molecule has 0 aliphatic rings. The van der Waals surface area contributed by atoms with Crippen molar-refractivity contribution in [1.82, 2.24) is 5.32 Å². The number of carbonyl (C=O) groups is 1. The van der Waals surface area contributed by atoms with Gasteiger partial charge in [-0.15, -0.1) is 6.58 Å². The maximum atomic E-state index is 11.6. The third-order valence-corrected chi connectivity index (χ3v) is 2.60. The highest BCUT2D eigenvalue weighted by atomic mass is 16.3. The molecule has 1 aromatic carbocycles. The van der Waals surface area contributed by atoms with Crippen LogP contribution in [0.25, 0.3) is 11.0 Å². The van der Waals surface area contributed by atoms with Crippen molar-refractivity contribution in [3.05, 3.63) is 48.2 Å². The van der Waals surface area contributed by atoms with Gasteiger partial charge in [-0.3, -0.25) is 4.79 Å². The van der Waals surface area contributed by atoms with E-state index >= 15 is 0 Å². The molecule has 3 heteroatoms. The van der Waals surface area contributed by atoms with E-state index in [1.54, 1.807) is 12.3 Å². The maximum absolute atomic E-state index is 11.6. The fourth-order valence-electron chi connectivity index (χ4n) is 1.75. The molecule has 1 amide bonds. The molecule has 2 rings (SSSR count). The molecular formula is C14H15NO2. The standard InChI is InChI=1S/C14H15NO2/c1-3-6-15-14(16)8-11-9-17-13-5-4-10(2)7-12(11)13/h3-5,7,9H,1,6,8H2,2H3,(H,15,16). The van der Waals surface area contributed by atoms with Crippen LogP contribution in [0.5, 0.6) is 0 Å². The lowest BCUT2D eigenvalue weighted by Gasteiger charge is -2.00. The molecule has 1 N–H and O–H groups in total. The number of amides is 1. The quantitative estimate of drug-likeness (QED) is 0.819. The molecule has 0 fully saturated rings. The van der Waals surface area contributed by atoms with Crippen LogP contribution in [0.1, 0.15) is 11.1 Å². The van der Waals surface area contributed by atoms with Gasteiger partial charge in [0.2, 0.25) is 5.91 Å². The fraction of sp³-hybridized carbons (Fsp3) is 0.214. The molecule has 0 radical (unpaired) electrons. The molecule has 0 bridgehead atoms. The van der Waals surface area contributed by atoms with Gasteiger partial charge in [0.25, 0.3) is 0 Å². The first-order chi connectivity index (χ1) is 8.20. The highest BCUT2D eigenvalue weighted by molar-refractivity contribution is 5.88. The maximum Gasteiger partial charge on any atom is 0.224 e. The van der Waals surface area contributed by atoms with Crippen LogP contribution in [-0.2, 0) is 11.2 Å². The zero-order valence-electron chi connectivity index (χ0n) is 9.82. The van der Waals surface area contributed by atoms with Crippen LogP contribution in [0, 0.1) is 6.92 Å². The Hall–Kier alpha value is -2.03. The first-order valence-electron chi connectivity index (χ1n) is 5.55. The second-order valence-corrected chi connectivity index (χ2v) is 4.03. The van der Waals surface area contributed by atoms with Crippen molar-refractivity contribution in [2.75, 3.05) is 6.54 Å². The summed E-state index contributed by atoms with van der Waals surface area (Å²) in [5, 5.41) is 3.76. The van der Waals surface area contributed by atoms with E-state index < -0.39 is 0 Å². The largest absolute Gasteiger partial charge is 0.464 e. The number of fused-ring (bicyclic) bond motifs is 1. The molecule has 17 heavy (non-hydrogen) atoms. The molecule has 1 aromatic heterocycles. The van der Waals surface area contributed by atoms with Crippen molar-refractivity contribution in [2.45, 2.75) is 13.3 Å². The van der Waals surface area contributed by atoms with Crippen LogP contribution in [0.2, 0.25) is 0 Å². The minimum Gasteiger partial charge on any atom is -0.464 e. The zero-order valence-corrected chi connectivity index (χ0v) is 9.82. The first-order valence-corrected chi connectivity index (χ1v) is 5.55. The summed E-state index contributed by atoms with van der Waals surface area (Å²) in [5.41, 5.74) is 2.90. The van der Waals surface area contributed by atoms with Gasteiger partial charge >= 0.3 is 0 Å². The predicted molar refractivity (Wildman–Crippen MR) is 67.9 cm³/mol. The van der Waals surface area contributed by atoms with Crippen molar-refractivity contribution < 1.29 is 9.21 Å². The van der Waals surface area contributed by atoms with Gasteiger partial charge in [-0.1, -0.05) is 17.7 Å². The van der Waals surface area contributed by atoms with E-state index in [-0.39, 0.29) is 5.91 Å². The number of aryl methyl sites for hydroxylation is 1. The van der Waals surface area contributed by atoms with E-state index in [0.29, 0.717) is 13.0 Å². The second-order valence-electron chi connectivity index (χ2n) is 4.03. The summed E-state index contributed by atoms with van der Waals surface area (Å²) in [7, 11) is 0. The SMILES string of the molecule is C=CCNC(=O)Cc1coc2ccc(C)cc12. The molecule has 0 unspecified atom stereocenters. The molecule has 0 spiro atoms. The minimum absolute atomic E-state index is 0.0193. The van der Waals surface area contributed by atoms with Crippen LogP contribution < -0.4 is 5.32 Å². The number of furan rings is 1. The van der Waals surface area contributed by atoms with E-state index in [4.69, 9.17) is 4.42 Å². The lowest BCUT2D eigenvalue weighted by Crippen LogP contribution is -2.24. The molecule has 0 saturated heterocycles. The topological polar surface area (TPSA) is 42.2 Å². The molecule has 0 saturated carbocycles. The number of hydrogen-bond donors (Lipinski definition) is 1. The fourth-order valence-corrected chi connectivity index (χ4v) is 1.75. The van der Waals surface area contributed by atoms with E-state index in [1.807, 2.05) is 25.1 Å². The first kappa shape index (κ1) is 11.5. The third-order valence-electron chi connectivity index (χ3n) is 2.60. The Bertz CT molecular complexity index is 554. The summed E-state index contributed by atoms with van der Waals surface area (Å²) in [6, 6.07) is 5.96. The molecule has 0 aliphatic heterocycles. The van der Waals surface area contributed by atoms with Gasteiger partial charge in [0.1, 0.15) is 5.58 Å². The molecular weight excluding hydrogens is 214 g/mol. The van der Waals surface area contributed by atoms with Gasteiger partial charge in [0.15, 0.2) is 0 Å². The highest BCUT2D eigenvalue weighted by Gasteiger charge is 2.09. The highest BCUT2D eigenvalue weighted by Crippen LogP contribution is 2.22. The summed E-state index contributed by atoms with van der Waals surface area (Å²) in [6.07, 6.45) is 3.65. The predicted octanol–water partition coefficient (Wildman–Crippen LogP) is 2.59. The van der Waals surface area contributed by atoms with Gasteiger partial charge in [-0.25, -0.2) is 0 Å². The van der Waals surface area contributed by atoms with Crippen LogP contribution in [0.15, 0.2) is 41.5 Å². The van der Waals surface area contributed by atoms with Crippen molar-refractivity contribution in [1.29, 1.82) is 0 Å². The summed E-state index contributed by atoms with van der Waals surface area (Å²) in [6.45, 7) is 6.07. The second kappa shape index (κ2) is 4.87. The van der Waals surface area contributed by atoms with Crippen LogP contribution >= 0.6 is 0 Å². The number of nitrogens with one attached hydrogen (secondary N) is 1. The Kier molecular flexibility index (Phi) is 3.28.